The molecule has 1 saturated heterocycles. The lowest BCUT2D eigenvalue weighted by Crippen LogP contribution is -2.49. The van der Waals surface area contributed by atoms with Crippen molar-refractivity contribution in [3.05, 3.63) is 48.2 Å². The second-order valence-electron chi connectivity index (χ2n) is 6.68. The molecule has 0 aliphatic carbocycles. The minimum Gasteiger partial charge on any atom is -0.476 e. The van der Waals surface area contributed by atoms with Gasteiger partial charge in [-0.25, -0.2) is 13.4 Å². The van der Waals surface area contributed by atoms with E-state index >= 15 is 0 Å². The van der Waals surface area contributed by atoms with Crippen molar-refractivity contribution >= 4 is 27.5 Å². The van der Waals surface area contributed by atoms with Crippen LogP contribution in [0.1, 0.15) is 24.2 Å². The quantitative estimate of drug-likeness (QED) is 0.742. The van der Waals surface area contributed by atoms with E-state index in [0.717, 1.165) is 0 Å². The van der Waals surface area contributed by atoms with Crippen molar-refractivity contribution < 1.29 is 22.7 Å². The predicted octanol–water partition coefficient (Wildman–Crippen LogP) is 1.59. The number of pyridine rings is 1. The Morgan fingerprint density at radius 2 is 1.87 bits per heavy atom. The minimum absolute atomic E-state index is 0.0302. The molecule has 10 heteroatoms. The van der Waals surface area contributed by atoms with Crippen molar-refractivity contribution in [3.8, 4) is 5.88 Å². The molecule has 0 radical (unpaired) electrons. The average molecular weight is 433 g/mol. The highest BCUT2D eigenvalue weighted by atomic mass is 32.2. The first-order valence-electron chi connectivity index (χ1n) is 9.58. The Bertz CT molecular complexity index is 1030. The molecule has 2 amide bonds. The average Bonchev–Trinajstić information content (AvgIpc) is 2.75. The molecule has 1 aromatic carbocycles. The first kappa shape index (κ1) is 21.7. The Kier molecular flexibility index (Phi) is 6.68. The Labute approximate surface area is 175 Å². The number of piperazine rings is 1. The maximum absolute atomic E-state index is 13.0. The maximum atomic E-state index is 13.0. The summed E-state index contributed by atoms with van der Waals surface area (Å²) in [5, 5.41) is 2.71. The first-order chi connectivity index (χ1) is 14.3. The van der Waals surface area contributed by atoms with Crippen LogP contribution in [0.5, 0.6) is 5.88 Å². The predicted molar refractivity (Wildman–Crippen MR) is 111 cm³/mol. The summed E-state index contributed by atoms with van der Waals surface area (Å²) in [4.78, 5) is 29.9. The molecule has 160 valence electrons. The SMILES string of the molecule is CCOc1ncccc1NC(=O)c1cccc(S(=O)(=O)N2CCN(C(C)=O)CC2)c1. The Morgan fingerprint density at radius 3 is 2.53 bits per heavy atom. The number of amides is 2. The number of benzene rings is 1. The third-order valence-corrected chi connectivity index (χ3v) is 6.61. The summed E-state index contributed by atoms with van der Waals surface area (Å²) >= 11 is 0. The van der Waals surface area contributed by atoms with E-state index in [2.05, 4.69) is 10.3 Å². The molecule has 2 aromatic rings. The molecule has 0 saturated carbocycles. The lowest BCUT2D eigenvalue weighted by atomic mass is 10.2. The number of aromatic nitrogens is 1. The number of carbonyl (C=O) groups is 2. The van der Waals surface area contributed by atoms with Crippen molar-refractivity contribution in [1.82, 2.24) is 14.2 Å². The van der Waals surface area contributed by atoms with Gasteiger partial charge >= 0.3 is 0 Å². The third kappa shape index (κ3) is 4.77. The number of nitrogens with zero attached hydrogens (tertiary/aromatic N) is 3. The molecular formula is C20H24N4O5S. The zero-order valence-electron chi connectivity index (χ0n) is 16.9. The highest BCUT2D eigenvalue weighted by Crippen LogP contribution is 2.23. The zero-order valence-corrected chi connectivity index (χ0v) is 17.7. The Morgan fingerprint density at radius 1 is 1.13 bits per heavy atom. The minimum atomic E-state index is -3.78. The molecular weight excluding hydrogens is 408 g/mol. The zero-order chi connectivity index (χ0) is 21.7. The monoisotopic (exact) mass is 432 g/mol. The standard InChI is InChI=1S/C20H24N4O5S/c1-3-29-20-18(8-5-9-21-20)22-19(26)16-6-4-7-17(14-16)30(27,28)24-12-10-23(11-13-24)15(2)25/h4-9,14H,3,10-13H2,1-2H3,(H,22,26). The fourth-order valence-electron chi connectivity index (χ4n) is 3.12. The topological polar surface area (TPSA) is 109 Å². The Balaban J connectivity index is 1.77. The second-order valence-corrected chi connectivity index (χ2v) is 8.62. The van der Waals surface area contributed by atoms with E-state index in [1.165, 1.54) is 29.4 Å². The number of hydrogen-bond donors (Lipinski definition) is 1. The summed E-state index contributed by atoms with van der Waals surface area (Å²) in [7, 11) is -3.78. The molecule has 3 rings (SSSR count). The number of nitrogens with one attached hydrogen (secondary N) is 1. The molecule has 2 heterocycles. The van der Waals surface area contributed by atoms with E-state index in [1.807, 2.05) is 6.92 Å². The molecule has 9 nitrogen and oxygen atoms in total. The van der Waals surface area contributed by atoms with Crippen LogP contribution in [0.4, 0.5) is 5.69 Å². The van der Waals surface area contributed by atoms with Crippen molar-refractivity contribution in [2.45, 2.75) is 18.7 Å². The van der Waals surface area contributed by atoms with Gasteiger partial charge in [0.15, 0.2) is 0 Å². The largest absolute Gasteiger partial charge is 0.476 e. The molecule has 1 fully saturated rings. The number of hydrogen-bond acceptors (Lipinski definition) is 6. The second kappa shape index (κ2) is 9.23. The lowest BCUT2D eigenvalue weighted by Gasteiger charge is -2.33. The highest BCUT2D eigenvalue weighted by molar-refractivity contribution is 7.89. The number of ether oxygens (including phenoxy) is 1. The van der Waals surface area contributed by atoms with Crippen LogP contribution in [0.2, 0.25) is 0 Å². The van der Waals surface area contributed by atoms with Crippen LogP contribution in [0.3, 0.4) is 0 Å². The van der Waals surface area contributed by atoms with E-state index in [0.29, 0.717) is 31.3 Å². The molecule has 1 aliphatic rings. The van der Waals surface area contributed by atoms with Crippen LogP contribution < -0.4 is 10.1 Å². The van der Waals surface area contributed by atoms with Crippen molar-refractivity contribution in [2.24, 2.45) is 0 Å². The lowest BCUT2D eigenvalue weighted by molar-refractivity contribution is -0.129. The fourth-order valence-corrected chi connectivity index (χ4v) is 4.59. The molecule has 0 unspecified atom stereocenters. The highest BCUT2D eigenvalue weighted by Gasteiger charge is 2.29. The smallest absolute Gasteiger partial charge is 0.255 e. The van der Waals surface area contributed by atoms with Gasteiger partial charge in [0.1, 0.15) is 5.69 Å². The van der Waals surface area contributed by atoms with E-state index in [1.54, 1.807) is 29.3 Å². The number of anilines is 1. The summed E-state index contributed by atoms with van der Waals surface area (Å²) in [5.74, 6) is -0.254. The van der Waals surface area contributed by atoms with Gasteiger partial charge in [0.25, 0.3) is 5.91 Å². The van der Waals surface area contributed by atoms with Crippen molar-refractivity contribution in [3.63, 3.8) is 0 Å². The third-order valence-electron chi connectivity index (χ3n) is 4.72. The van der Waals surface area contributed by atoms with Gasteiger partial charge in [-0.05, 0) is 37.3 Å². The van der Waals surface area contributed by atoms with E-state index in [-0.39, 0.29) is 29.5 Å². The van der Waals surface area contributed by atoms with Gasteiger partial charge in [-0.2, -0.15) is 4.31 Å². The van der Waals surface area contributed by atoms with Gasteiger partial charge in [0.05, 0.1) is 11.5 Å². The van der Waals surface area contributed by atoms with E-state index in [4.69, 9.17) is 4.74 Å². The summed E-state index contributed by atoms with van der Waals surface area (Å²) in [5.41, 5.74) is 0.600. The summed E-state index contributed by atoms with van der Waals surface area (Å²) < 4.78 is 32.7. The van der Waals surface area contributed by atoms with Crippen LogP contribution in [-0.2, 0) is 14.8 Å². The van der Waals surface area contributed by atoms with Gasteiger partial charge in [-0.15, -0.1) is 0 Å². The number of carbonyl (C=O) groups excluding carboxylic acids is 2. The molecule has 1 aromatic heterocycles. The number of sulfonamides is 1. The Hall–Kier alpha value is -2.98. The maximum Gasteiger partial charge on any atom is 0.255 e. The molecule has 0 atom stereocenters. The van der Waals surface area contributed by atoms with E-state index < -0.39 is 15.9 Å². The van der Waals surface area contributed by atoms with Gasteiger partial charge < -0.3 is 15.0 Å². The van der Waals surface area contributed by atoms with Crippen LogP contribution >= 0.6 is 0 Å². The van der Waals surface area contributed by atoms with Crippen LogP contribution in [0.25, 0.3) is 0 Å². The normalized spacial score (nSPS) is 14.9. The molecule has 30 heavy (non-hydrogen) atoms. The van der Waals surface area contributed by atoms with Gasteiger partial charge in [-0.1, -0.05) is 6.07 Å². The van der Waals surface area contributed by atoms with Gasteiger partial charge in [0, 0.05) is 44.9 Å². The molecule has 1 N–H and O–H groups in total. The summed E-state index contributed by atoms with van der Waals surface area (Å²) in [6.07, 6.45) is 1.56. The van der Waals surface area contributed by atoms with E-state index in [9.17, 15) is 18.0 Å². The van der Waals surface area contributed by atoms with Gasteiger partial charge in [0.2, 0.25) is 21.8 Å². The summed E-state index contributed by atoms with van der Waals surface area (Å²) in [6, 6.07) is 9.20. The van der Waals surface area contributed by atoms with Crippen LogP contribution in [0.15, 0.2) is 47.5 Å². The number of rotatable bonds is 6. The summed E-state index contributed by atoms with van der Waals surface area (Å²) in [6.45, 7) is 4.78. The van der Waals surface area contributed by atoms with Crippen LogP contribution in [-0.4, -0.2) is 67.2 Å². The van der Waals surface area contributed by atoms with Crippen LogP contribution in [0, 0.1) is 0 Å². The fraction of sp³-hybridized carbons (Fsp3) is 0.350. The molecule has 1 aliphatic heterocycles. The molecule has 0 spiro atoms. The van der Waals surface area contributed by atoms with Crippen molar-refractivity contribution in [2.75, 3.05) is 38.1 Å². The first-order valence-corrected chi connectivity index (χ1v) is 11.0. The van der Waals surface area contributed by atoms with Gasteiger partial charge in [-0.3, -0.25) is 9.59 Å². The molecule has 0 bridgehead atoms. The van der Waals surface area contributed by atoms with Crippen molar-refractivity contribution in [1.29, 1.82) is 0 Å².